The normalized spacial score (nSPS) is 12.2. The number of hydrogen-bond acceptors (Lipinski definition) is 3. The SMILES string of the molecule is C=C(CC)CC(NN)c1cc(OC)ccc1Br. The molecule has 0 aromatic heterocycles. The van der Waals surface area contributed by atoms with Gasteiger partial charge in [-0.1, -0.05) is 35.0 Å². The molecule has 1 rings (SSSR count). The van der Waals surface area contributed by atoms with Gasteiger partial charge in [0.1, 0.15) is 5.75 Å². The number of nitrogens with one attached hydrogen (secondary N) is 1. The van der Waals surface area contributed by atoms with E-state index in [-0.39, 0.29) is 6.04 Å². The van der Waals surface area contributed by atoms with Crippen molar-refractivity contribution in [3.63, 3.8) is 0 Å². The molecular weight excluding hydrogens is 280 g/mol. The number of methoxy groups -OCH3 is 1. The molecule has 0 fully saturated rings. The van der Waals surface area contributed by atoms with Crippen LogP contribution in [0.1, 0.15) is 31.4 Å². The first kappa shape index (κ1) is 14.2. The zero-order chi connectivity index (χ0) is 12.8. The number of hydrazine groups is 1. The van der Waals surface area contributed by atoms with Gasteiger partial charge in [0.25, 0.3) is 0 Å². The third kappa shape index (κ3) is 3.84. The van der Waals surface area contributed by atoms with Crippen LogP contribution in [0.4, 0.5) is 0 Å². The molecule has 0 aliphatic heterocycles. The van der Waals surface area contributed by atoms with Crippen molar-refractivity contribution in [3.05, 3.63) is 40.4 Å². The highest BCUT2D eigenvalue weighted by atomic mass is 79.9. The molecule has 17 heavy (non-hydrogen) atoms. The fourth-order valence-corrected chi connectivity index (χ4v) is 2.13. The third-order valence-electron chi connectivity index (χ3n) is 2.77. The van der Waals surface area contributed by atoms with Gasteiger partial charge < -0.3 is 4.74 Å². The van der Waals surface area contributed by atoms with Crippen molar-refractivity contribution < 1.29 is 4.74 Å². The highest BCUT2D eigenvalue weighted by Gasteiger charge is 2.14. The van der Waals surface area contributed by atoms with Crippen LogP contribution in [0, 0.1) is 0 Å². The zero-order valence-electron chi connectivity index (χ0n) is 10.3. The maximum atomic E-state index is 5.62. The summed E-state index contributed by atoms with van der Waals surface area (Å²) in [6.45, 7) is 6.11. The van der Waals surface area contributed by atoms with Crippen molar-refractivity contribution >= 4 is 15.9 Å². The molecule has 0 bridgehead atoms. The first-order chi connectivity index (χ1) is 8.12. The predicted molar refractivity (Wildman–Crippen MR) is 74.8 cm³/mol. The van der Waals surface area contributed by atoms with E-state index in [0.717, 1.165) is 28.6 Å². The van der Waals surface area contributed by atoms with E-state index in [1.165, 1.54) is 5.57 Å². The Morgan fingerprint density at radius 3 is 2.82 bits per heavy atom. The Balaban J connectivity index is 2.97. The Morgan fingerprint density at radius 1 is 1.59 bits per heavy atom. The zero-order valence-corrected chi connectivity index (χ0v) is 11.9. The molecule has 3 N–H and O–H groups in total. The predicted octanol–water partition coefficient (Wildman–Crippen LogP) is 3.32. The highest BCUT2D eigenvalue weighted by Crippen LogP contribution is 2.30. The van der Waals surface area contributed by atoms with Crippen LogP contribution in [-0.2, 0) is 0 Å². The van der Waals surface area contributed by atoms with Gasteiger partial charge in [0.15, 0.2) is 0 Å². The van der Waals surface area contributed by atoms with Gasteiger partial charge in [0, 0.05) is 4.47 Å². The van der Waals surface area contributed by atoms with E-state index in [2.05, 4.69) is 34.9 Å². The van der Waals surface area contributed by atoms with Crippen LogP contribution in [0.2, 0.25) is 0 Å². The summed E-state index contributed by atoms with van der Waals surface area (Å²) < 4.78 is 6.24. The molecule has 0 saturated heterocycles. The number of benzene rings is 1. The fourth-order valence-electron chi connectivity index (χ4n) is 1.61. The maximum Gasteiger partial charge on any atom is 0.119 e. The van der Waals surface area contributed by atoms with Crippen LogP contribution in [-0.4, -0.2) is 7.11 Å². The Labute approximate surface area is 111 Å². The Bertz CT molecular complexity index is 393. The first-order valence-electron chi connectivity index (χ1n) is 5.58. The van der Waals surface area contributed by atoms with E-state index in [9.17, 15) is 0 Å². The average molecular weight is 299 g/mol. The van der Waals surface area contributed by atoms with E-state index in [1.807, 2.05) is 18.2 Å². The molecule has 0 saturated carbocycles. The van der Waals surface area contributed by atoms with Crippen molar-refractivity contribution in [2.75, 3.05) is 7.11 Å². The smallest absolute Gasteiger partial charge is 0.119 e. The number of halogens is 1. The summed E-state index contributed by atoms with van der Waals surface area (Å²) in [5.74, 6) is 6.44. The van der Waals surface area contributed by atoms with Gasteiger partial charge in [0.05, 0.1) is 13.2 Å². The van der Waals surface area contributed by atoms with Crippen LogP contribution in [0.5, 0.6) is 5.75 Å². The van der Waals surface area contributed by atoms with Gasteiger partial charge in [-0.25, -0.2) is 0 Å². The molecule has 94 valence electrons. The van der Waals surface area contributed by atoms with Gasteiger partial charge in [-0.15, -0.1) is 0 Å². The molecule has 0 heterocycles. The van der Waals surface area contributed by atoms with Gasteiger partial charge >= 0.3 is 0 Å². The van der Waals surface area contributed by atoms with E-state index < -0.39 is 0 Å². The second kappa shape index (κ2) is 6.79. The van der Waals surface area contributed by atoms with Gasteiger partial charge in [0.2, 0.25) is 0 Å². The van der Waals surface area contributed by atoms with Gasteiger partial charge in [-0.2, -0.15) is 0 Å². The van der Waals surface area contributed by atoms with Crippen LogP contribution in [0.25, 0.3) is 0 Å². The van der Waals surface area contributed by atoms with Crippen molar-refractivity contribution in [3.8, 4) is 5.75 Å². The van der Waals surface area contributed by atoms with Gasteiger partial charge in [-0.3, -0.25) is 11.3 Å². The lowest BCUT2D eigenvalue weighted by molar-refractivity contribution is 0.412. The molecule has 1 aromatic rings. The summed E-state index contributed by atoms with van der Waals surface area (Å²) in [4.78, 5) is 0. The molecule has 0 aliphatic carbocycles. The lowest BCUT2D eigenvalue weighted by Gasteiger charge is -2.19. The molecule has 0 radical (unpaired) electrons. The van der Waals surface area contributed by atoms with Crippen molar-refractivity contribution in [1.82, 2.24) is 5.43 Å². The fraction of sp³-hybridized carbons (Fsp3) is 0.385. The van der Waals surface area contributed by atoms with Crippen molar-refractivity contribution in [2.24, 2.45) is 5.84 Å². The monoisotopic (exact) mass is 298 g/mol. The molecule has 0 spiro atoms. The largest absolute Gasteiger partial charge is 0.497 e. The van der Waals surface area contributed by atoms with E-state index >= 15 is 0 Å². The molecule has 1 atom stereocenters. The van der Waals surface area contributed by atoms with Gasteiger partial charge in [-0.05, 0) is 36.6 Å². The van der Waals surface area contributed by atoms with E-state index in [1.54, 1.807) is 7.11 Å². The minimum atomic E-state index is 0.0481. The quantitative estimate of drug-likeness (QED) is 0.481. The molecule has 4 heteroatoms. The molecule has 3 nitrogen and oxygen atoms in total. The second-order valence-corrected chi connectivity index (χ2v) is 4.77. The van der Waals surface area contributed by atoms with Crippen LogP contribution < -0.4 is 16.0 Å². The lowest BCUT2D eigenvalue weighted by Crippen LogP contribution is -2.28. The molecule has 0 aliphatic rings. The Morgan fingerprint density at radius 2 is 2.29 bits per heavy atom. The molecular formula is C13H19BrN2O. The Hall–Kier alpha value is -0.840. The number of rotatable bonds is 6. The third-order valence-corrected chi connectivity index (χ3v) is 3.49. The first-order valence-corrected chi connectivity index (χ1v) is 6.37. The minimum absolute atomic E-state index is 0.0481. The summed E-state index contributed by atoms with van der Waals surface area (Å²) in [6, 6.07) is 5.91. The summed E-state index contributed by atoms with van der Waals surface area (Å²) in [5.41, 5.74) is 5.08. The standard InChI is InChI=1S/C13H19BrN2O/c1-4-9(2)7-13(16-15)11-8-10(17-3)5-6-12(11)14/h5-6,8,13,16H,2,4,7,15H2,1,3H3. The average Bonchev–Trinajstić information content (AvgIpc) is 2.36. The van der Waals surface area contributed by atoms with Crippen molar-refractivity contribution in [1.29, 1.82) is 0 Å². The molecule has 1 unspecified atom stereocenters. The molecule has 1 aromatic carbocycles. The molecule has 0 amide bonds. The van der Waals surface area contributed by atoms with Crippen LogP contribution in [0.3, 0.4) is 0 Å². The van der Waals surface area contributed by atoms with Crippen LogP contribution >= 0.6 is 15.9 Å². The topological polar surface area (TPSA) is 47.3 Å². The van der Waals surface area contributed by atoms with E-state index in [4.69, 9.17) is 10.6 Å². The van der Waals surface area contributed by atoms with Crippen molar-refractivity contribution in [2.45, 2.75) is 25.8 Å². The van der Waals surface area contributed by atoms with E-state index in [0.29, 0.717) is 0 Å². The number of ether oxygens (including phenoxy) is 1. The second-order valence-electron chi connectivity index (χ2n) is 3.91. The highest BCUT2D eigenvalue weighted by molar-refractivity contribution is 9.10. The number of nitrogens with two attached hydrogens (primary N) is 1. The minimum Gasteiger partial charge on any atom is -0.497 e. The summed E-state index contributed by atoms with van der Waals surface area (Å²) in [6.07, 6.45) is 1.78. The lowest BCUT2D eigenvalue weighted by atomic mass is 9.99. The summed E-state index contributed by atoms with van der Waals surface area (Å²) in [7, 11) is 1.66. The maximum absolute atomic E-state index is 5.62. The Kier molecular flexibility index (Phi) is 5.68. The summed E-state index contributed by atoms with van der Waals surface area (Å²) >= 11 is 3.53. The number of hydrogen-bond donors (Lipinski definition) is 2. The summed E-state index contributed by atoms with van der Waals surface area (Å²) in [5, 5.41) is 0. The van der Waals surface area contributed by atoms with Crippen LogP contribution in [0.15, 0.2) is 34.8 Å².